The number of benzene rings is 1. The molecule has 0 spiro atoms. The van der Waals surface area contributed by atoms with Crippen molar-refractivity contribution < 1.29 is 0 Å². The minimum absolute atomic E-state index is 0.176. The van der Waals surface area contributed by atoms with E-state index in [0.717, 1.165) is 23.1 Å². The van der Waals surface area contributed by atoms with Crippen LogP contribution in [0.4, 0.5) is 0 Å². The van der Waals surface area contributed by atoms with Crippen molar-refractivity contribution in [2.45, 2.75) is 63.9 Å². The summed E-state index contributed by atoms with van der Waals surface area (Å²) in [6, 6.07) is 8.69. The molecule has 2 aromatic rings. The Labute approximate surface area is 132 Å². The molecule has 1 aromatic carbocycles. The van der Waals surface area contributed by atoms with E-state index >= 15 is 0 Å². The summed E-state index contributed by atoms with van der Waals surface area (Å²) in [6.07, 6.45) is 0. The summed E-state index contributed by atoms with van der Waals surface area (Å²) < 4.78 is 2.19. The maximum Gasteiger partial charge on any atom is 0.191 e. The molecule has 0 atom stereocenters. The summed E-state index contributed by atoms with van der Waals surface area (Å²) >= 11 is 1.76. The Morgan fingerprint density at radius 1 is 1.10 bits per heavy atom. The van der Waals surface area contributed by atoms with Crippen LogP contribution >= 0.6 is 11.8 Å². The van der Waals surface area contributed by atoms with Crippen LogP contribution in [-0.4, -0.2) is 20.0 Å². The third-order valence-corrected chi connectivity index (χ3v) is 4.37. The predicted octanol–water partition coefficient (Wildman–Crippen LogP) is 4.76. The molecule has 0 bridgehead atoms. The van der Waals surface area contributed by atoms with Crippen molar-refractivity contribution in [1.82, 2.24) is 14.8 Å². The van der Waals surface area contributed by atoms with Crippen molar-refractivity contribution in [2.75, 3.05) is 0 Å². The molecule has 1 heterocycles. The number of rotatable bonds is 4. The molecule has 3 nitrogen and oxygen atoms in total. The number of hydrogen-bond donors (Lipinski definition) is 0. The van der Waals surface area contributed by atoms with Crippen LogP contribution in [0.2, 0.25) is 0 Å². The van der Waals surface area contributed by atoms with E-state index in [9.17, 15) is 0 Å². The second-order valence-electron chi connectivity index (χ2n) is 6.54. The average Bonchev–Trinajstić information content (AvgIpc) is 2.79. The Morgan fingerprint density at radius 2 is 1.71 bits per heavy atom. The van der Waals surface area contributed by atoms with Crippen molar-refractivity contribution >= 4 is 11.8 Å². The van der Waals surface area contributed by atoms with Crippen LogP contribution in [-0.2, 0) is 12.0 Å². The third-order valence-electron chi connectivity index (χ3n) is 3.38. The van der Waals surface area contributed by atoms with Gasteiger partial charge in [0.2, 0.25) is 0 Å². The first-order chi connectivity index (χ1) is 9.82. The van der Waals surface area contributed by atoms with E-state index in [-0.39, 0.29) is 5.41 Å². The minimum Gasteiger partial charge on any atom is -0.302 e. The Morgan fingerprint density at radius 3 is 2.19 bits per heavy atom. The van der Waals surface area contributed by atoms with E-state index in [4.69, 9.17) is 0 Å². The van der Waals surface area contributed by atoms with Crippen LogP contribution in [0, 0.1) is 0 Å². The Hall–Kier alpha value is -1.29. The monoisotopic (exact) mass is 303 g/mol. The maximum atomic E-state index is 4.39. The van der Waals surface area contributed by atoms with Crippen LogP contribution in [0.5, 0.6) is 0 Å². The second kappa shape index (κ2) is 6.22. The van der Waals surface area contributed by atoms with Gasteiger partial charge in [0.1, 0.15) is 0 Å². The van der Waals surface area contributed by atoms with Crippen LogP contribution in [0.1, 0.15) is 47.1 Å². The highest BCUT2D eigenvalue weighted by molar-refractivity contribution is 7.99. The third kappa shape index (κ3) is 3.67. The second-order valence-corrected chi connectivity index (χ2v) is 8.09. The van der Waals surface area contributed by atoms with Crippen molar-refractivity contribution in [2.24, 2.45) is 0 Å². The minimum atomic E-state index is 0.176. The van der Waals surface area contributed by atoms with E-state index in [1.165, 1.54) is 5.56 Å². The molecule has 0 aliphatic rings. The first kappa shape index (κ1) is 16.1. The molecule has 2 rings (SSSR count). The Balaban J connectivity index is 2.36. The summed E-state index contributed by atoms with van der Waals surface area (Å²) in [5.74, 6) is 0.959. The number of hydrogen-bond acceptors (Lipinski definition) is 3. The van der Waals surface area contributed by atoms with Gasteiger partial charge in [0.05, 0.1) is 0 Å². The lowest BCUT2D eigenvalue weighted by Crippen LogP contribution is -2.10. The van der Waals surface area contributed by atoms with Gasteiger partial charge in [-0.25, -0.2) is 0 Å². The lowest BCUT2D eigenvalue weighted by molar-refractivity contribution is 0.590. The van der Waals surface area contributed by atoms with Gasteiger partial charge in [-0.1, -0.05) is 70.6 Å². The zero-order valence-corrected chi connectivity index (χ0v) is 14.7. The lowest BCUT2D eigenvalue weighted by Gasteiger charge is -2.19. The van der Waals surface area contributed by atoms with E-state index in [2.05, 4.69) is 80.6 Å². The average molecular weight is 303 g/mol. The smallest absolute Gasteiger partial charge is 0.191 e. The fraction of sp³-hybridized carbons (Fsp3) is 0.529. The van der Waals surface area contributed by atoms with Gasteiger partial charge in [0, 0.05) is 17.4 Å². The molecule has 0 radical (unpaired) electrons. The number of aromatic nitrogens is 3. The van der Waals surface area contributed by atoms with E-state index < -0.39 is 0 Å². The van der Waals surface area contributed by atoms with Crippen LogP contribution in [0.15, 0.2) is 29.4 Å². The molecule has 0 unspecified atom stereocenters. The largest absolute Gasteiger partial charge is 0.302 e. The van der Waals surface area contributed by atoms with Gasteiger partial charge in [-0.15, -0.1) is 10.2 Å². The van der Waals surface area contributed by atoms with Crippen LogP contribution in [0.25, 0.3) is 11.4 Å². The molecule has 0 aliphatic heterocycles. The van der Waals surface area contributed by atoms with Crippen LogP contribution in [0.3, 0.4) is 0 Å². The lowest BCUT2D eigenvalue weighted by atomic mass is 9.87. The highest BCUT2D eigenvalue weighted by Crippen LogP contribution is 2.28. The van der Waals surface area contributed by atoms with Gasteiger partial charge in [0.15, 0.2) is 11.0 Å². The molecule has 0 amide bonds. The molecule has 0 saturated heterocycles. The Bertz CT molecular complexity index is 591. The molecule has 0 saturated carbocycles. The zero-order valence-electron chi connectivity index (χ0n) is 13.8. The molecule has 4 heteroatoms. The highest BCUT2D eigenvalue weighted by atomic mass is 32.2. The van der Waals surface area contributed by atoms with Gasteiger partial charge in [-0.05, 0) is 17.9 Å². The topological polar surface area (TPSA) is 30.7 Å². The molecule has 0 fully saturated rings. The Kier molecular flexibility index (Phi) is 4.77. The van der Waals surface area contributed by atoms with E-state index in [0.29, 0.717) is 5.25 Å². The molecule has 0 aliphatic carbocycles. The van der Waals surface area contributed by atoms with Crippen molar-refractivity contribution in [1.29, 1.82) is 0 Å². The van der Waals surface area contributed by atoms with Crippen molar-refractivity contribution in [3.63, 3.8) is 0 Å². The van der Waals surface area contributed by atoms with E-state index in [1.54, 1.807) is 11.8 Å². The van der Waals surface area contributed by atoms with Crippen molar-refractivity contribution in [3.8, 4) is 11.4 Å². The van der Waals surface area contributed by atoms with Gasteiger partial charge in [-0.3, -0.25) is 0 Å². The first-order valence-electron chi connectivity index (χ1n) is 7.53. The molecular weight excluding hydrogens is 278 g/mol. The molecule has 1 aromatic heterocycles. The van der Waals surface area contributed by atoms with Crippen LogP contribution < -0.4 is 0 Å². The fourth-order valence-electron chi connectivity index (χ4n) is 2.20. The van der Waals surface area contributed by atoms with Gasteiger partial charge >= 0.3 is 0 Å². The first-order valence-corrected chi connectivity index (χ1v) is 8.41. The predicted molar refractivity (Wildman–Crippen MR) is 90.8 cm³/mol. The molecular formula is C17H25N3S. The molecule has 114 valence electrons. The maximum absolute atomic E-state index is 4.39. The summed E-state index contributed by atoms with van der Waals surface area (Å²) in [5, 5.41) is 10.3. The highest BCUT2D eigenvalue weighted by Gasteiger charge is 2.16. The number of thioether (sulfide) groups is 1. The van der Waals surface area contributed by atoms with Gasteiger partial charge in [-0.2, -0.15) is 0 Å². The summed E-state index contributed by atoms with van der Waals surface area (Å²) in [5.41, 5.74) is 2.65. The summed E-state index contributed by atoms with van der Waals surface area (Å²) in [7, 11) is 0. The quantitative estimate of drug-likeness (QED) is 0.763. The fourth-order valence-corrected chi connectivity index (χ4v) is 3.06. The molecule has 21 heavy (non-hydrogen) atoms. The standard InChI is InChI=1S/C17H25N3S/c1-7-20-15(18-19-16(20)21-12(2)3)13-8-10-14(11-9-13)17(4,5)6/h8-12H,7H2,1-6H3. The van der Waals surface area contributed by atoms with Crippen molar-refractivity contribution in [3.05, 3.63) is 29.8 Å². The normalized spacial score (nSPS) is 12.1. The van der Waals surface area contributed by atoms with Gasteiger partial charge < -0.3 is 4.57 Å². The summed E-state index contributed by atoms with van der Waals surface area (Å²) in [4.78, 5) is 0. The zero-order chi connectivity index (χ0) is 15.6. The number of nitrogens with zero attached hydrogens (tertiary/aromatic N) is 3. The van der Waals surface area contributed by atoms with Gasteiger partial charge in [0.25, 0.3) is 0 Å². The SMILES string of the molecule is CCn1c(SC(C)C)nnc1-c1ccc(C(C)(C)C)cc1. The summed E-state index contributed by atoms with van der Waals surface area (Å²) in [6.45, 7) is 14.1. The molecule has 0 N–H and O–H groups in total. The van der Waals surface area contributed by atoms with E-state index in [1.807, 2.05) is 0 Å².